The number of hydrogen-bond acceptors (Lipinski definition) is 5. The van der Waals surface area contributed by atoms with Crippen LogP contribution in [-0.2, 0) is 0 Å². The summed E-state index contributed by atoms with van der Waals surface area (Å²) < 4.78 is 29.8. The summed E-state index contributed by atoms with van der Waals surface area (Å²) >= 11 is 0. The van der Waals surface area contributed by atoms with Crippen LogP contribution in [0.2, 0.25) is 0 Å². The second-order valence-electron chi connectivity index (χ2n) is 5.96. The van der Waals surface area contributed by atoms with Crippen LogP contribution >= 0.6 is 0 Å². The summed E-state index contributed by atoms with van der Waals surface area (Å²) in [6.07, 6.45) is 6.59. The van der Waals surface area contributed by atoms with Gasteiger partial charge in [0.05, 0.1) is 29.7 Å². The molecule has 1 aliphatic carbocycles. The smallest absolute Gasteiger partial charge is 0.338 e. The molecule has 132 valence electrons. The van der Waals surface area contributed by atoms with Crippen molar-refractivity contribution in [2.75, 3.05) is 5.32 Å². The van der Waals surface area contributed by atoms with Crippen LogP contribution in [0.5, 0.6) is 0 Å². The Labute approximate surface area is 146 Å². The summed E-state index contributed by atoms with van der Waals surface area (Å²) in [6.45, 7) is 0. The van der Waals surface area contributed by atoms with Gasteiger partial charge in [0.1, 0.15) is 11.5 Å². The van der Waals surface area contributed by atoms with Crippen LogP contribution in [0.25, 0.3) is 11.3 Å². The Balaban J connectivity index is 1.63. The maximum Gasteiger partial charge on any atom is 0.338 e. The molecule has 0 unspecified atom stereocenters. The van der Waals surface area contributed by atoms with Gasteiger partial charge in [-0.25, -0.2) is 23.5 Å². The Morgan fingerprint density at radius 2 is 2.04 bits per heavy atom. The second kappa shape index (κ2) is 6.17. The molecule has 1 aliphatic rings. The summed E-state index contributed by atoms with van der Waals surface area (Å²) in [6, 6.07) is 3.73. The van der Waals surface area contributed by atoms with E-state index in [1.807, 2.05) is 10.9 Å². The fourth-order valence-corrected chi connectivity index (χ4v) is 2.54. The van der Waals surface area contributed by atoms with E-state index in [1.165, 1.54) is 6.07 Å². The van der Waals surface area contributed by atoms with E-state index >= 15 is 0 Å². The number of carbonyl (C=O) groups is 1. The molecule has 2 aromatic heterocycles. The predicted molar refractivity (Wildman–Crippen MR) is 88.1 cm³/mol. The van der Waals surface area contributed by atoms with Gasteiger partial charge in [0.15, 0.2) is 5.82 Å². The largest absolute Gasteiger partial charge is 0.478 e. The molecule has 3 aromatic rings. The highest BCUT2D eigenvalue weighted by Crippen LogP contribution is 2.34. The van der Waals surface area contributed by atoms with Crippen LogP contribution in [0.1, 0.15) is 29.2 Å². The van der Waals surface area contributed by atoms with E-state index in [1.54, 1.807) is 6.20 Å². The molecular weight excluding hydrogens is 344 g/mol. The van der Waals surface area contributed by atoms with E-state index in [0.29, 0.717) is 11.7 Å². The average molecular weight is 357 g/mol. The summed E-state index contributed by atoms with van der Waals surface area (Å²) in [4.78, 5) is 18.8. The molecule has 0 aliphatic heterocycles. The van der Waals surface area contributed by atoms with Crippen molar-refractivity contribution < 1.29 is 18.7 Å². The molecule has 26 heavy (non-hydrogen) atoms. The lowest BCUT2D eigenvalue weighted by Crippen LogP contribution is -2.03. The third-order valence-electron chi connectivity index (χ3n) is 4.00. The molecule has 0 saturated heterocycles. The van der Waals surface area contributed by atoms with Crippen molar-refractivity contribution in [2.24, 2.45) is 0 Å². The fraction of sp³-hybridized carbons (Fsp3) is 0.176. The number of halogens is 2. The number of nitrogens with zero attached hydrogens (tertiary/aromatic N) is 4. The van der Waals surface area contributed by atoms with Gasteiger partial charge in [0.2, 0.25) is 5.95 Å². The van der Waals surface area contributed by atoms with Crippen molar-refractivity contribution >= 4 is 17.6 Å². The zero-order valence-electron chi connectivity index (χ0n) is 13.4. The van der Waals surface area contributed by atoms with Gasteiger partial charge in [0, 0.05) is 11.8 Å². The molecule has 1 saturated carbocycles. The van der Waals surface area contributed by atoms with E-state index < -0.39 is 23.2 Å². The van der Waals surface area contributed by atoms with Crippen LogP contribution in [0.3, 0.4) is 0 Å². The van der Waals surface area contributed by atoms with Crippen molar-refractivity contribution in [3.05, 3.63) is 54.0 Å². The lowest BCUT2D eigenvalue weighted by atomic mass is 10.1. The van der Waals surface area contributed by atoms with E-state index in [4.69, 9.17) is 5.11 Å². The van der Waals surface area contributed by atoms with Gasteiger partial charge in [-0.3, -0.25) is 4.68 Å². The first-order chi connectivity index (χ1) is 12.5. The summed E-state index contributed by atoms with van der Waals surface area (Å²) in [5.41, 5.74) is 0.146. The number of rotatable bonds is 5. The predicted octanol–water partition coefficient (Wildman–Crippen LogP) is 3.40. The number of carboxylic acid groups (broad SMARTS) is 1. The molecule has 7 nitrogen and oxygen atoms in total. The quantitative estimate of drug-likeness (QED) is 0.727. The van der Waals surface area contributed by atoms with E-state index in [0.717, 1.165) is 31.2 Å². The molecule has 0 bridgehead atoms. The van der Waals surface area contributed by atoms with Gasteiger partial charge in [0.25, 0.3) is 0 Å². The number of aromatic carboxylic acids is 1. The Kier molecular flexibility index (Phi) is 3.83. The van der Waals surface area contributed by atoms with Crippen LogP contribution < -0.4 is 5.32 Å². The zero-order chi connectivity index (χ0) is 18.3. The first-order valence-corrected chi connectivity index (χ1v) is 7.88. The SMILES string of the molecule is O=C(O)c1ccc(-c2nc(Nc3cnn(C4CC4)c3)ncc2F)cc1F. The minimum atomic E-state index is -1.40. The standard InChI is InChI=1S/C17H13F2N5O2/c18-13-5-9(1-4-12(13)16(25)26)15-14(19)7-20-17(23-15)22-10-6-21-24(8-10)11-2-3-11/h1,4-8,11H,2-3H2,(H,25,26)(H,20,22,23). The van der Waals surface area contributed by atoms with Crippen molar-refractivity contribution in [2.45, 2.75) is 18.9 Å². The first kappa shape index (κ1) is 16.1. The van der Waals surface area contributed by atoms with Crippen LogP contribution in [0.4, 0.5) is 20.4 Å². The summed E-state index contributed by atoms with van der Waals surface area (Å²) in [5.74, 6) is -2.98. The molecule has 4 rings (SSSR count). The Bertz CT molecular complexity index is 1000. The molecule has 9 heteroatoms. The number of anilines is 2. The lowest BCUT2D eigenvalue weighted by molar-refractivity contribution is 0.0692. The van der Waals surface area contributed by atoms with E-state index in [-0.39, 0.29) is 17.2 Å². The third-order valence-corrected chi connectivity index (χ3v) is 4.00. The molecule has 1 fully saturated rings. The zero-order valence-corrected chi connectivity index (χ0v) is 13.4. The molecule has 0 atom stereocenters. The molecule has 0 spiro atoms. The van der Waals surface area contributed by atoms with Crippen molar-refractivity contribution in [1.29, 1.82) is 0 Å². The minimum absolute atomic E-state index is 0.115. The number of hydrogen-bond donors (Lipinski definition) is 2. The van der Waals surface area contributed by atoms with E-state index in [2.05, 4.69) is 20.4 Å². The van der Waals surface area contributed by atoms with Crippen molar-refractivity contribution in [3.8, 4) is 11.3 Å². The number of aromatic nitrogens is 4. The van der Waals surface area contributed by atoms with Gasteiger partial charge in [-0.1, -0.05) is 6.07 Å². The highest BCUT2D eigenvalue weighted by Gasteiger charge is 2.24. The van der Waals surface area contributed by atoms with Gasteiger partial charge in [-0.05, 0) is 25.0 Å². The van der Waals surface area contributed by atoms with Crippen LogP contribution in [-0.4, -0.2) is 30.8 Å². The molecule has 0 amide bonds. The topological polar surface area (TPSA) is 92.9 Å². The monoisotopic (exact) mass is 357 g/mol. The molecule has 2 N–H and O–H groups in total. The molecule has 1 aromatic carbocycles. The van der Waals surface area contributed by atoms with Crippen molar-refractivity contribution in [3.63, 3.8) is 0 Å². The van der Waals surface area contributed by atoms with Gasteiger partial charge < -0.3 is 10.4 Å². The van der Waals surface area contributed by atoms with Crippen LogP contribution in [0, 0.1) is 11.6 Å². The Morgan fingerprint density at radius 1 is 1.23 bits per heavy atom. The third kappa shape index (κ3) is 3.10. The number of carboxylic acids is 1. The molecule has 0 radical (unpaired) electrons. The normalized spacial score (nSPS) is 13.6. The fourth-order valence-electron chi connectivity index (χ4n) is 2.54. The molecular formula is C17H13F2N5O2. The maximum atomic E-state index is 14.1. The summed E-state index contributed by atoms with van der Waals surface area (Å²) in [7, 11) is 0. The Morgan fingerprint density at radius 3 is 2.73 bits per heavy atom. The summed E-state index contributed by atoms with van der Waals surface area (Å²) in [5, 5.41) is 16.0. The van der Waals surface area contributed by atoms with E-state index in [9.17, 15) is 13.6 Å². The second-order valence-corrected chi connectivity index (χ2v) is 5.96. The molecule has 2 heterocycles. The van der Waals surface area contributed by atoms with Gasteiger partial charge >= 0.3 is 5.97 Å². The first-order valence-electron chi connectivity index (χ1n) is 7.88. The van der Waals surface area contributed by atoms with Gasteiger partial charge in [-0.2, -0.15) is 5.10 Å². The van der Waals surface area contributed by atoms with Crippen LogP contribution in [0.15, 0.2) is 36.8 Å². The highest BCUT2D eigenvalue weighted by atomic mass is 19.1. The number of benzene rings is 1. The minimum Gasteiger partial charge on any atom is -0.478 e. The average Bonchev–Trinajstić information content (AvgIpc) is 3.36. The number of nitrogens with one attached hydrogen (secondary N) is 1. The Hall–Kier alpha value is -3.36. The highest BCUT2D eigenvalue weighted by molar-refractivity contribution is 5.88. The van der Waals surface area contributed by atoms with Gasteiger partial charge in [-0.15, -0.1) is 0 Å². The lowest BCUT2D eigenvalue weighted by Gasteiger charge is -2.07. The maximum absolute atomic E-state index is 14.1. The van der Waals surface area contributed by atoms with Crippen molar-refractivity contribution in [1.82, 2.24) is 19.7 Å².